The first-order valence-electron chi connectivity index (χ1n) is 8.12. The van der Waals surface area contributed by atoms with Crippen LogP contribution in [0.3, 0.4) is 0 Å². The Morgan fingerprint density at radius 3 is 3.04 bits per heavy atom. The maximum Gasteiger partial charge on any atom is 0.233 e. The van der Waals surface area contributed by atoms with Crippen molar-refractivity contribution in [3.05, 3.63) is 5.82 Å². The van der Waals surface area contributed by atoms with Gasteiger partial charge in [0, 0.05) is 6.54 Å². The zero-order valence-electron chi connectivity index (χ0n) is 13.4. The Morgan fingerprint density at radius 2 is 2.39 bits per heavy atom. The second-order valence-corrected chi connectivity index (χ2v) is 5.90. The summed E-state index contributed by atoms with van der Waals surface area (Å²) < 4.78 is 0. The minimum atomic E-state index is -0.409. The highest BCUT2D eigenvalue weighted by atomic mass is 16.5. The van der Waals surface area contributed by atoms with Gasteiger partial charge in [0.2, 0.25) is 12.3 Å². The SMILES string of the molecule is CCCCCC(CN(O)C=O)C(=O)N1CCCC1c1nnn[nH]1. The number of carbonyl (C=O) groups is 2. The number of carbonyl (C=O) groups excluding carboxylic acids is 2. The highest BCUT2D eigenvalue weighted by molar-refractivity contribution is 5.80. The lowest BCUT2D eigenvalue weighted by molar-refractivity contribution is -0.157. The molecule has 1 aliphatic heterocycles. The van der Waals surface area contributed by atoms with E-state index in [1.54, 1.807) is 4.90 Å². The number of amides is 2. The Balaban J connectivity index is 2.06. The molecule has 2 rings (SSSR count). The van der Waals surface area contributed by atoms with Crippen molar-refractivity contribution < 1.29 is 14.8 Å². The largest absolute Gasteiger partial charge is 0.332 e. The average molecular weight is 324 g/mol. The van der Waals surface area contributed by atoms with Gasteiger partial charge in [-0.15, -0.1) is 5.10 Å². The van der Waals surface area contributed by atoms with E-state index in [1.807, 2.05) is 0 Å². The average Bonchev–Trinajstić information content (AvgIpc) is 3.23. The Morgan fingerprint density at radius 1 is 1.57 bits per heavy atom. The highest BCUT2D eigenvalue weighted by Crippen LogP contribution is 2.31. The molecule has 1 aromatic rings. The Bertz CT molecular complexity index is 495. The van der Waals surface area contributed by atoms with Crippen LogP contribution in [0.4, 0.5) is 0 Å². The van der Waals surface area contributed by atoms with Crippen molar-refractivity contribution in [2.24, 2.45) is 5.92 Å². The van der Waals surface area contributed by atoms with Crippen molar-refractivity contribution in [2.75, 3.05) is 13.1 Å². The third-order valence-corrected chi connectivity index (χ3v) is 4.25. The zero-order chi connectivity index (χ0) is 16.7. The van der Waals surface area contributed by atoms with Crippen molar-refractivity contribution in [3.8, 4) is 0 Å². The molecular weight excluding hydrogens is 300 g/mol. The van der Waals surface area contributed by atoms with E-state index >= 15 is 0 Å². The van der Waals surface area contributed by atoms with Crippen molar-refractivity contribution in [1.82, 2.24) is 30.6 Å². The molecule has 2 atom stereocenters. The van der Waals surface area contributed by atoms with Crippen molar-refractivity contribution in [2.45, 2.75) is 51.5 Å². The molecule has 1 aliphatic rings. The summed E-state index contributed by atoms with van der Waals surface area (Å²) >= 11 is 0. The van der Waals surface area contributed by atoms with Crippen LogP contribution in [0.2, 0.25) is 0 Å². The molecule has 0 aliphatic carbocycles. The standard InChI is InChI=1S/C14H24N6O3/c1-2-3-4-6-11(9-19(23)10-21)14(22)20-8-5-7-12(20)13-15-17-18-16-13/h10-12,23H,2-9H2,1H3,(H,15,16,17,18). The molecule has 9 heteroatoms. The molecule has 0 radical (unpaired) electrons. The van der Waals surface area contributed by atoms with E-state index in [1.165, 1.54) is 0 Å². The van der Waals surface area contributed by atoms with E-state index in [-0.39, 0.29) is 18.5 Å². The Labute approximate surface area is 135 Å². The predicted molar refractivity (Wildman–Crippen MR) is 80.1 cm³/mol. The topological polar surface area (TPSA) is 115 Å². The second kappa shape index (κ2) is 8.56. The summed E-state index contributed by atoms with van der Waals surface area (Å²) in [7, 11) is 0. The maximum atomic E-state index is 12.9. The van der Waals surface area contributed by atoms with E-state index in [0.717, 1.165) is 32.1 Å². The highest BCUT2D eigenvalue weighted by Gasteiger charge is 2.36. The van der Waals surface area contributed by atoms with Crippen LogP contribution in [0.5, 0.6) is 0 Å². The number of aromatic amines is 1. The molecule has 1 saturated heterocycles. The number of hydroxylamine groups is 2. The predicted octanol–water partition coefficient (Wildman–Crippen LogP) is 0.907. The third-order valence-electron chi connectivity index (χ3n) is 4.25. The van der Waals surface area contributed by atoms with Gasteiger partial charge in [-0.2, -0.15) is 0 Å². The van der Waals surface area contributed by atoms with Gasteiger partial charge in [0.1, 0.15) is 0 Å². The van der Waals surface area contributed by atoms with Crippen molar-refractivity contribution in [3.63, 3.8) is 0 Å². The smallest absolute Gasteiger partial charge is 0.233 e. The molecule has 2 unspecified atom stereocenters. The number of tetrazole rings is 1. The summed E-state index contributed by atoms with van der Waals surface area (Å²) in [6.45, 7) is 2.75. The van der Waals surface area contributed by atoms with Crippen molar-refractivity contribution in [1.29, 1.82) is 0 Å². The number of aromatic nitrogens is 4. The van der Waals surface area contributed by atoms with E-state index < -0.39 is 5.92 Å². The second-order valence-electron chi connectivity index (χ2n) is 5.90. The van der Waals surface area contributed by atoms with Gasteiger partial charge in [0.25, 0.3) is 0 Å². The molecule has 1 aromatic heterocycles. The number of nitrogens with one attached hydrogen (secondary N) is 1. The van der Waals surface area contributed by atoms with E-state index in [9.17, 15) is 14.8 Å². The van der Waals surface area contributed by atoms with Crippen LogP contribution in [0, 0.1) is 5.92 Å². The van der Waals surface area contributed by atoms with Gasteiger partial charge in [0.05, 0.1) is 18.5 Å². The normalized spacial score (nSPS) is 18.9. The van der Waals surface area contributed by atoms with Crippen LogP contribution in [-0.4, -0.2) is 61.2 Å². The fourth-order valence-electron chi connectivity index (χ4n) is 3.06. The number of H-pyrrole nitrogens is 1. The number of unbranched alkanes of at least 4 members (excludes halogenated alkanes) is 2. The Kier molecular flexibility index (Phi) is 6.45. The summed E-state index contributed by atoms with van der Waals surface area (Å²) in [5.74, 6) is 0.119. The lowest BCUT2D eigenvalue weighted by Crippen LogP contribution is -2.40. The van der Waals surface area contributed by atoms with E-state index in [2.05, 4.69) is 27.5 Å². The number of rotatable bonds is 9. The Hall–Kier alpha value is -2.03. The van der Waals surface area contributed by atoms with Gasteiger partial charge in [0.15, 0.2) is 5.82 Å². The molecule has 2 amide bonds. The minimum Gasteiger partial charge on any atom is -0.332 e. The fourth-order valence-corrected chi connectivity index (χ4v) is 3.06. The molecule has 9 nitrogen and oxygen atoms in total. The molecule has 1 fully saturated rings. The first-order valence-corrected chi connectivity index (χ1v) is 8.12. The summed E-state index contributed by atoms with van der Waals surface area (Å²) in [5, 5.41) is 23.8. The van der Waals surface area contributed by atoms with Crippen LogP contribution in [0.1, 0.15) is 57.3 Å². The zero-order valence-corrected chi connectivity index (χ0v) is 13.4. The first kappa shape index (κ1) is 17.3. The monoisotopic (exact) mass is 324 g/mol. The van der Waals surface area contributed by atoms with Gasteiger partial charge in [-0.25, -0.2) is 10.2 Å². The minimum absolute atomic E-state index is 0.0178. The third kappa shape index (κ3) is 4.47. The van der Waals surface area contributed by atoms with Crippen LogP contribution >= 0.6 is 0 Å². The first-order chi connectivity index (χ1) is 11.2. The van der Waals surface area contributed by atoms with Crippen LogP contribution in [0.25, 0.3) is 0 Å². The van der Waals surface area contributed by atoms with Gasteiger partial charge in [-0.05, 0) is 29.7 Å². The number of hydrogen-bond donors (Lipinski definition) is 2. The van der Waals surface area contributed by atoms with Crippen LogP contribution < -0.4 is 0 Å². The number of nitrogens with zero attached hydrogens (tertiary/aromatic N) is 5. The summed E-state index contributed by atoms with van der Waals surface area (Å²) in [4.78, 5) is 25.3. The van der Waals surface area contributed by atoms with E-state index in [0.29, 0.717) is 30.3 Å². The van der Waals surface area contributed by atoms with Gasteiger partial charge < -0.3 is 4.90 Å². The van der Waals surface area contributed by atoms with E-state index in [4.69, 9.17) is 0 Å². The lowest BCUT2D eigenvalue weighted by atomic mass is 9.99. The molecule has 0 saturated carbocycles. The molecule has 2 heterocycles. The van der Waals surface area contributed by atoms with Crippen LogP contribution in [0.15, 0.2) is 0 Å². The van der Waals surface area contributed by atoms with Crippen molar-refractivity contribution >= 4 is 12.3 Å². The molecule has 0 aromatic carbocycles. The quantitative estimate of drug-likeness (QED) is 0.302. The lowest BCUT2D eigenvalue weighted by Gasteiger charge is -2.28. The molecule has 0 bridgehead atoms. The fraction of sp³-hybridized carbons (Fsp3) is 0.786. The summed E-state index contributed by atoms with van der Waals surface area (Å²) in [6.07, 6.45) is 5.63. The number of likely N-dealkylation sites (tertiary alicyclic amines) is 1. The molecule has 128 valence electrons. The van der Waals surface area contributed by atoms with Gasteiger partial charge in [-0.1, -0.05) is 26.2 Å². The summed E-state index contributed by atoms with van der Waals surface area (Å²) in [6, 6.07) is -0.158. The van der Waals surface area contributed by atoms with Gasteiger partial charge >= 0.3 is 0 Å². The van der Waals surface area contributed by atoms with Crippen LogP contribution in [-0.2, 0) is 9.59 Å². The summed E-state index contributed by atoms with van der Waals surface area (Å²) in [5.41, 5.74) is 0. The number of hydrogen-bond acceptors (Lipinski definition) is 6. The molecule has 2 N–H and O–H groups in total. The molecule has 23 heavy (non-hydrogen) atoms. The maximum absolute atomic E-state index is 12.9. The molecular formula is C14H24N6O3. The van der Waals surface area contributed by atoms with Gasteiger partial charge in [-0.3, -0.25) is 14.8 Å². The molecule has 0 spiro atoms.